The van der Waals surface area contributed by atoms with Crippen LogP contribution in [0.4, 0.5) is 5.00 Å². The monoisotopic (exact) mass is 460 g/mol. The molecule has 0 radical (unpaired) electrons. The summed E-state index contributed by atoms with van der Waals surface area (Å²) in [5.41, 5.74) is 7.17. The van der Waals surface area contributed by atoms with Crippen molar-refractivity contribution in [3.63, 3.8) is 0 Å². The van der Waals surface area contributed by atoms with Crippen molar-refractivity contribution in [3.8, 4) is 0 Å². The molecule has 4 N–H and O–H groups in total. The fourth-order valence-electron chi connectivity index (χ4n) is 5.40. The van der Waals surface area contributed by atoms with Crippen molar-refractivity contribution in [2.75, 3.05) is 25.0 Å². The SMILES string of the molecule is NC(=O)c1c(NC(=O)CCN2CCC[C@H](C(=O)NC3CCCCC3)C2)sc2c1CCCC2. The number of carbonyl (C=O) groups is 3. The number of carbonyl (C=O) groups excluding carboxylic acids is 3. The molecule has 0 bridgehead atoms. The van der Waals surface area contributed by atoms with Gasteiger partial charge in [0.05, 0.1) is 11.5 Å². The van der Waals surface area contributed by atoms with Crippen LogP contribution in [0.2, 0.25) is 0 Å². The maximum absolute atomic E-state index is 12.7. The predicted molar refractivity (Wildman–Crippen MR) is 127 cm³/mol. The Kier molecular flexibility index (Phi) is 7.84. The van der Waals surface area contributed by atoms with E-state index in [4.69, 9.17) is 5.73 Å². The molecule has 1 aliphatic heterocycles. The van der Waals surface area contributed by atoms with Gasteiger partial charge in [-0.15, -0.1) is 11.3 Å². The van der Waals surface area contributed by atoms with Gasteiger partial charge in [-0.05, 0) is 63.5 Å². The highest BCUT2D eigenvalue weighted by Crippen LogP contribution is 2.38. The molecule has 4 rings (SSSR count). The van der Waals surface area contributed by atoms with Crippen LogP contribution in [-0.2, 0) is 22.4 Å². The number of nitrogens with one attached hydrogen (secondary N) is 2. The van der Waals surface area contributed by atoms with Gasteiger partial charge in [-0.2, -0.15) is 0 Å². The topological polar surface area (TPSA) is 105 Å². The van der Waals surface area contributed by atoms with Crippen molar-refractivity contribution in [3.05, 3.63) is 16.0 Å². The third-order valence-corrected chi connectivity index (χ3v) is 8.36. The highest BCUT2D eigenvalue weighted by Gasteiger charge is 2.28. The molecule has 176 valence electrons. The Hall–Kier alpha value is -1.93. The van der Waals surface area contributed by atoms with Crippen molar-refractivity contribution in [2.24, 2.45) is 11.7 Å². The molecule has 0 spiro atoms. The molecule has 0 aromatic carbocycles. The number of nitrogens with zero attached hydrogens (tertiary/aromatic N) is 1. The Labute approximate surface area is 194 Å². The van der Waals surface area contributed by atoms with E-state index in [2.05, 4.69) is 15.5 Å². The quantitative estimate of drug-likeness (QED) is 0.581. The van der Waals surface area contributed by atoms with Gasteiger partial charge in [0.25, 0.3) is 5.91 Å². The lowest BCUT2D eigenvalue weighted by molar-refractivity contribution is -0.127. The van der Waals surface area contributed by atoms with E-state index >= 15 is 0 Å². The highest BCUT2D eigenvalue weighted by atomic mass is 32.1. The largest absolute Gasteiger partial charge is 0.365 e. The van der Waals surface area contributed by atoms with Crippen LogP contribution in [0, 0.1) is 5.92 Å². The van der Waals surface area contributed by atoms with Crippen LogP contribution in [0.5, 0.6) is 0 Å². The van der Waals surface area contributed by atoms with Crippen LogP contribution in [-0.4, -0.2) is 48.3 Å². The van der Waals surface area contributed by atoms with E-state index < -0.39 is 5.91 Å². The van der Waals surface area contributed by atoms with Crippen LogP contribution < -0.4 is 16.4 Å². The number of piperidine rings is 1. The lowest BCUT2D eigenvalue weighted by Crippen LogP contribution is -2.46. The predicted octanol–water partition coefficient (Wildman–Crippen LogP) is 3.22. The Morgan fingerprint density at radius 3 is 2.56 bits per heavy atom. The summed E-state index contributed by atoms with van der Waals surface area (Å²) in [5.74, 6) is -0.358. The minimum absolute atomic E-state index is 0.0132. The Morgan fingerprint density at radius 1 is 1.00 bits per heavy atom. The fraction of sp³-hybridized carbons (Fsp3) is 0.708. The molecule has 7 nitrogen and oxygen atoms in total. The van der Waals surface area contributed by atoms with Gasteiger partial charge < -0.3 is 21.3 Å². The number of aryl methyl sites for hydroxylation is 1. The van der Waals surface area contributed by atoms with Crippen LogP contribution in [0.15, 0.2) is 0 Å². The first-order valence-electron chi connectivity index (χ1n) is 12.3. The van der Waals surface area contributed by atoms with Gasteiger partial charge in [0.15, 0.2) is 0 Å². The number of amides is 3. The Balaban J connectivity index is 1.27. The van der Waals surface area contributed by atoms with Gasteiger partial charge in [0, 0.05) is 30.4 Å². The summed E-state index contributed by atoms with van der Waals surface area (Å²) in [7, 11) is 0. The number of rotatable bonds is 7. The van der Waals surface area contributed by atoms with E-state index in [1.54, 1.807) is 0 Å². The fourth-order valence-corrected chi connectivity index (χ4v) is 6.71. The smallest absolute Gasteiger partial charge is 0.251 e. The molecule has 1 saturated heterocycles. The zero-order valence-electron chi connectivity index (χ0n) is 18.9. The summed E-state index contributed by atoms with van der Waals surface area (Å²) < 4.78 is 0. The second-order valence-corrected chi connectivity index (χ2v) is 10.7. The lowest BCUT2D eigenvalue weighted by atomic mass is 9.93. The third kappa shape index (κ3) is 5.70. The number of nitrogens with two attached hydrogens (primary N) is 1. The molecule has 1 atom stereocenters. The molecular weight excluding hydrogens is 424 g/mol. The average Bonchev–Trinajstić information content (AvgIpc) is 3.16. The summed E-state index contributed by atoms with van der Waals surface area (Å²) in [6.45, 7) is 2.25. The minimum atomic E-state index is -0.456. The van der Waals surface area contributed by atoms with Gasteiger partial charge >= 0.3 is 0 Å². The van der Waals surface area contributed by atoms with E-state index in [-0.39, 0.29) is 17.7 Å². The standard InChI is InChI=1S/C24H36N4O3S/c25-22(30)21-18-10-4-5-11-19(18)32-24(21)27-20(29)12-14-28-13-6-7-16(15-28)23(31)26-17-8-2-1-3-9-17/h16-17H,1-15H2,(H2,25,30)(H,26,31)(H,27,29)/t16-/m0/s1. The first-order chi connectivity index (χ1) is 15.5. The van der Waals surface area contributed by atoms with E-state index in [0.29, 0.717) is 36.1 Å². The van der Waals surface area contributed by atoms with Crippen LogP contribution in [0.25, 0.3) is 0 Å². The molecule has 3 aliphatic rings. The van der Waals surface area contributed by atoms with Crippen molar-refractivity contribution in [1.82, 2.24) is 10.2 Å². The highest BCUT2D eigenvalue weighted by molar-refractivity contribution is 7.17. The molecule has 3 amide bonds. The van der Waals surface area contributed by atoms with Crippen LogP contribution >= 0.6 is 11.3 Å². The zero-order valence-corrected chi connectivity index (χ0v) is 19.7. The van der Waals surface area contributed by atoms with Crippen LogP contribution in [0.3, 0.4) is 0 Å². The summed E-state index contributed by atoms with van der Waals surface area (Å²) in [6.07, 6.45) is 12.1. The third-order valence-electron chi connectivity index (χ3n) is 7.15. The average molecular weight is 461 g/mol. The molecule has 2 fully saturated rings. The molecule has 1 aromatic rings. The lowest BCUT2D eigenvalue weighted by Gasteiger charge is -2.33. The van der Waals surface area contributed by atoms with E-state index in [1.165, 1.54) is 35.5 Å². The molecule has 2 heterocycles. The number of primary amides is 1. The maximum atomic E-state index is 12.7. The van der Waals surface area contributed by atoms with Gasteiger partial charge in [-0.1, -0.05) is 19.3 Å². The second kappa shape index (κ2) is 10.8. The number of likely N-dealkylation sites (tertiary alicyclic amines) is 1. The zero-order chi connectivity index (χ0) is 22.5. The Morgan fingerprint density at radius 2 is 1.78 bits per heavy atom. The summed E-state index contributed by atoms with van der Waals surface area (Å²) in [4.78, 5) is 40.8. The first-order valence-corrected chi connectivity index (χ1v) is 13.1. The first kappa shape index (κ1) is 23.2. The van der Waals surface area contributed by atoms with Crippen LogP contribution in [0.1, 0.15) is 85.0 Å². The second-order valence-electron chi connectivity index (χ2n) is 9.56. The van der Waals surface area contributed by atoms with Crippen molar-refractivity contribution < 1.29 is 14.4 Å². The van der Waals surface area contributed by atoms with E-state index in [9.17, 15) is 14.4 Å². The minimum Gasteiger partial charge on any atom is -0.365 e. The van der Waals surface area contributed by atoms with Gasteiger partial charge in [-0.25, -0.2) is 0 Å². The van der Waals surface area contributed by atoms with Crippen molar-refractivity contribution in [1.29, 1.82) is 0 Å². The maximum Gasteiger partial charge on any atom is 0.251 e. The molecule has 2 aliphatic carbocycles. The van der Waals surface area contributed by atoms with Crippen molar-refractivity contribution >= 4 is 34.1 Å². The number of hydrogen-bond acceptors (Lipinski definition) is 5. The van der Waals surface area contributed by atoms with Gasteiger partial charge in [-0.3, -0.25) is 14.4 Å². The molecule has 1 aromatic heterocycles. The number of thiophene rings is 1. The summed E-state index contributed by atoms with van der Waals surface area (Å²) in [5, 5.41) is 6.82. The molecule has 8 heteroatoms. The molecular formula is C24H36N4O3S. The summed E-state index contributed by atoms with van der Waals surface area (Å²) in [6, 6.07) is 0.341. The molecule has 0 unspecified atom stereocenters. The molecule has 32 heavy (non-hydrogen) atoms. The number of fused-ring (bicyclic) bond motifs is 1. The normalized spacial score (nSPS) is 22.2. The number of hydrogen-bond donors (Lipinski definition) is 3. The van der Waals surface area contributed by atoms with Gasteiger partial charge in [0.2, 0.25) is 11.8 Å². The summed E-state index contributed by atoms with van der Waals surface area (Å²) >= 11 is 1.50. The number of anilines is 1. The van der Waals surface area contributed by atoms with E-state index in [0.717, 1.165) is 63.5 Å². The Bertz CT molecular complexity index is 847. The molecule has 1 saturated carbocycles. The van der Waals surface area contributed by atoms with E-state index in [1.807, 2.05) is 0 Å². The van der Waals surface area contributed by atoms with Crippen molar-refractivity contribution in [2.45, 2.75) is 83.1 Å². The van der Waals surface area contributed by atoms with Gasteiger partial charge in [0.1, 0.15) is 5.00 Å².